The number of carbonyl (C=O) groups excluding carboxylic acids is 1. The van der Waals surface area contributed by atoms with Crippen LogP contribution in [0.25, 0.3) is 0 Å². The molecular formula is C9H13N3O3S. The first kappa shape index (κ1) is 12.4. The third-order valence-electron chi connectivity index (χ3n) is 1.81. The minimum absolute atomic E-state index is 0.294. The van der Waals surface area contributed by atoms with Gasteiger partial charge in [0.2, 0.25) is 0 Å². The molecule has 0 aliphatic carbocycles. The van der Waals surface area contributed by atoms with Crippen LogP contribution in [-0.2, 0) is 11.3 Å². The summed E-state index contributed by atoms with van der Waals surface area (Å²) >= 11 is 1.50. The summed E-state index contributed by atoms with van der Waals surface area (Å²) in [4.78, 5) is 25.8. The predicted molar refractivity (Wildman–Crippen MR) is 59.3 cm³/mol. The van der Waals surface area contributed by atoms with Crippen LogP contribution in [0.5, 0.6) is 0 Å². The van der Waals surface area contributed by atoms with Crippen LogP contribution in [0.3, 0.4) is 0 Å². The summed E-state index contributed by atoms with van der Waals surface area (Å²) in [6.45, 7) is 3.57. The molecule has 0 spiro atoms. The molecule has 0 unspecified atom stereocenters. The molecule has 2 amide bonds. The highest BCUT2D eigenvalue weighted by atomic mass is 32.1. The van der Waals surface area contributed by atoms with Gasteiger partial charge in [0.25, 0.3) is 0 Å². The maximum Gasteiger partial charge on any atom is 0.325 e. The lowest BCUT2D eigenvalue weighted by Gasteiger charge is -2.09. The molecule has 0 saturated carbocycles. The summed E-state index contributed by atoms with van der Waals surface area (Å²) in [6, 6.07) is -1.42. The summed E-state index contributed by atoms with van der Waals surface area (Å²) in [5, 5.41) is 16.1. The first-order chi connectivity index (χ1) is 7.49. The van der Waals surface area contributed by atoms with E-state index in [2.05, 4.69) is 15.6 Å². The number of hydrogen-bond donors (Lipinski definition) is 3. The van der Waals surface area contributed by atoms with Crippen molar-refractivity contribution in [3.05, 3.63) is 16.1 Å². The summed E-state index contributed by atoms with van der Waals surface area (Å²) in [5.41, 5.74) is 0.764. The summed E-state index contributed by atoms with van der Waals surface area (Å²) in [6.07, 6.45) is 0. The summed E-state index contributed by atoms with van der Waals surface area (Å²) in [7, 11) is 0. The maximum atomic E-state index is 11.2. The van der Waals surface area contributed by atoms with Gasteiger partial charge in [-0.2, -0.15) is 0 Å². The van der Waals surface area contributed by atoms with E-state index < -0.39 is 18.0 Å². The molecule has 1 aromatic rings. The van der Waals surface area contributed by atoms with Crippen LogP contribution in [0.4, 0.5) is 4.79 Å². The molecule has 0 saturated heterocycles. The topological polar surface area (TPSA) is 91.3 Å². The summed E-state index contributed by atoms with van der Waals surface area (Å²) < 4.78 is 0. The normalized spacial score (nSPS) is 11.9. The second kappa shape index (κ2) is 5.45. The van der Waals surface area contributed by atoms with Crippen LogP contribution < -0.4 is 10.6 Å². The smallest absolute Gasteiger partial charge is 0.325 e. The van der Waals surface area contributed by atoms with E-state index in [1.54, 1.807) is 0 Å². The minimum Gasteiger partial charge on any atom is -0.480 e. The lowest BCUT2D eigenvalue weighted by molar-refractivity contribution is -0.138. The van der Waals surface area contributed by atoms with Gasteiger partial charge < -0.3 is 15.7 Å². The van der Waals surface area contributed by atoms with Gasteiger partial charge >= 0.3 is 12.0 Å². The number of aliphatic carboxylic acids is 1. The molecule has 0 aromatic carbocycles. The van der Waals surface area contributed by atoms with Crippen molar-refractivity contribution in [2.75, 3.05) is 0 Å². The maximum absolute atomic E-state index is 11.2. The van der Waals surface area contributed by atoms with Crippen LogP contribution in [0.15, 0.2) is 5.38 Å². The number of thiazole rings is 1. The molecule has 0 aliphatic rings. The van der Waals surface area contributed by atoms with Crippen molar-refractivity contribution >= 4 is 23.3 Å². The van der Waals surface area contributed by atoms with Crippen LogP contribution in [0, 0.1) is 6.92 Å². The molecule has 1 aromatic heterocycles. The number of nitrogens with one attached hydrogen (secondary N) is 2. The Morgan fingerprint density at radius 2 is 2.31 bits per heavy atom. The highest BCUT2D eigenvalue weighted by molar-refractivity contribution is 7.09. The van der Waals surface area contributed by atoms with Crippen LogP contribution >= 0.6 is 11.3 Å². The van der Waals surface area contributed by atoms with Gasteiger partial charge in [-0.05, 0) is 13.8 Å². The highest BCUT2D eigenvalue weighted by Crippen LogP contribution is 2.06. The van der Waals surface area contributed by atoms with Gasteiger partial charge in [0.1, 0.15) is 6.04 Å². The molecule has 0 aliphatic heterocycles. The lowest BCUT2D eigenvalue weighted by Crippen LogP contribution is -2.44. The fraction of sp³-hybridized carbons (Fsp3) is 0.444. The van der Waals surface area contributed by atoms with Gasteiger partial charge in [-0.25, -0.2) is 9.78 Å². The monoisotopic (exact) mass is 243 g/mol. The largest absolute Gasteiger partial charge is 0.480 e. The Kier molecular flexibility index (Phi) is 4.24. The molecular weight excluding hydrogens is 230 g/mol. The highest BCUT2D eigenvalue weighted by Gasteiger charge is 2.13. The molecule has 88 valence electrons. The molecule has 3 N–H and O–H groups in total. The van der Waals surface area contributed by atoms with E-state index in [1.165, 1.54) is 18.3 Å². The fourth-order valence-corrected chi connectivity index (χ4v) is 1.58. The third-order valence-corrected chi connectivity index (χ3v) is 2.64. The standard InChI is InChI=1S/C9H13N3O3S/c1-5(8(13)14)11-9(15)10-3-7-4-16-6(2)12-7/h4-5H,3H2,1-2H3,(H,13,14)(H2,10,11,15)/t5-/m1/s1. The van der Waals surface area contributed by atoms with Gasteiger partial charge in [-0.15, -0.1) is 11.3 Å². The molecule has 1 atom stereocenters. The van der Waals surface area contributed by atoms with E-state index in [0.717, 1.165) is 10.7 Å². The number of urea groups is 1. The number of rotatable bonds is 4. The van der Waals surface area contributed by atoms with Crippen molar-refractivity contribution in [2.45, 2.75) is 26.4 Å². The van der Waals surface area contributed by atoms with Crippen LogP contribution in [0.1, 0.15) is 17.6 Å². The number of aromatic nitrogens is 1. The molecule has 7 heteroatoms. The van der Waals surface area contributed by atoms with E-state index in [1.807, 2.05) is 12.3 Å². The molecule has 0 bridgehead atoms. The first-order valence-electron chi connectivity index (χ1n) is 4.67. The molecule has 0 fully saturated rings. The van der Waals surface area contributed by atoms with Crippen molar-refractivity contribution in [2.24, 2.45) is 0 Å². The predicted octanol–water partition coefficient (Wildman–Crippen LogP) is 0.724. The zero-order valence-corrected chi connectivity index (χ0v) is 9.80. The van der Waals surface area contributed by atoms with E-state index in [9.17, 15) is 9.59 Å². The van der Waals surface area contributed by atoms with Crippen molar-refractivity contribution in [3.8, 4) is 0 Å². The second-order valence-corrected chi connectivity index (χ2v) is 4.31. The number of hydrogen-bond acceptors (Lipinski definition) is 4. The Balaban J connectivity index is 2.33. The van der Waals surface area contributed by atoms with Crippen molar-refractivity contribution in [1.29, 1.82) is 0 Å². The van der Waals surface area contributed by atoms with Gasteiger partial charge in [0, 0.05) is 5.38 Å². The number of amides is 2. The van der Waals surface area contributed by atoms with E-state index in [4.69, 9.17) is 5.11 Å². The van der Waals surface area contributed by atoms with Crippen LogP contribution in [0.2, 0.25) is 0 Å². The third kappa shape index (κ3) is 3.85. The van der Waals surface area contributed by atoms with E-state index in [-0.39, 0.29) is 0 Å². The number of aryl methyl sites for hydroxylation is 1. The molecule has 16 heavy (non-hydrogen) atoms. The van der Waals surface area contributed by atoms with Gasteiger partial charge in [0.05, 0.1) is 17.2 Å². The molecule has 1 heterocycles. The average molecular weight is 243 g/mol. The zero-order valence-electron chi connectivity index (χ0n) is 8.98. The van der Waals surface area contributed by atoms with E-state index in [0.29, 0.717) is 6.54 Å². The average Bonchev–Trinajstić information content (AvgIpc) is 2.61. The quantitative estimate of drug-likeness (QED) is 0.726. The molecule has 6 nitrogen and oxygen atoms in total. The van der Waals surface area contributed by atoms with Crippen molar-refractivity contribution in [1.82, 2.24) is 15.6 Å². The lowest BCUT2D eigenvalue weighted by atomic mass is 10.3. The van der Waals surface area contributed by atoms with Crippen molar-refractivity contribution in [3.63, 3.8) is 0 Å². The SMILES string of the molecule is Cc1nc(CNC(=O)N[C@H](C)C(=O)O)cs1. The Labute approximate surface area is 96.7 Å². The number of carboxylic acid groups (broad SMARTS) is 1. The first-order valence-corrected chi connectivity index (χ1v) is 5.55. The number of carbonyl (C=O) groups is 2. The van der Waals surface area contributed by atoms with Gasteiger partial charge in [-0.3, -0.25) is 4.79 Å². The Morgan fingerprint density at radius 1 is 1.62 bits per heavy atom. The Hall–Kier alpha value is -1.63. The van der Waals surface area contributed by atoms with Gasteiger partial charge in [-0.1, -0.05) is 0 Å². The minimum atomic E-state index is -1.07. The zero-order chi connectivity index (χ0) is 12.1. The fourth-order valence-electron chi connectivity index (χ4n) is 0.970. The Bertz CT molecular complexity index is 391. The van der Waals surface area contributed by atoms with Crippen molar-refractivity contribution < 1.29 is 14.7 Å². The number of carboxylic acids is 1. The van der Waals surface area contributed by atoms with Crippen LogP contribution in [-0.4, -0.2) is 28.1 Å². The summed E-state index contributed by atoms with van der Waals surface area (Å²) in [5.74, 6) is -1.07. The Morgan fingerprint density at radius 3 is 2.81 bits per heavy atom. The second-order valence-electron chi connectivity index (χ2n) is 3.24. The molecule has 1 rings (SSSR count). The number of nitrogens with zero attached hydrogens (tertiary/aromatic N) is 1. The van der Waals surface area contributed by atoms with E-state index >= 15 is 0 Å². The molecule has 0 radical (unpaired) electrons. The van der Waals surface area contributed by atoms with Gasteiger partial charge in [0.15, 0.2) is 0 Å².